The number of amides is 2. The van der Waals surface area contributed by atoms with Crippen molar-refractivity contribution in [3.8, 4) is 11.6 Å². The molecule has 1 aromatic carbocycles. The summed E-state index contributed by atoms with van der Waals surface area (Å²) in [5, 5.41) is 9.77. The maximum Gasteiger partial charge on any atom is 0.229 e. The monoisotopic (exact) mass is 450 g/mol. The zero-order chi connectivity index (χ0) is 23.0. The first-order valence-corrected chi connectivity index (χ1v) is 10.8. The molecule has 1 saturated heterocycles. The number of piperidine rings is 1. The molecule has 0 spiro atoms. The number of hydrogen-bond acceptors (Lipinski definition) is 8. The van der Waals surface area contributed by atoms with Gasteiger partial charge in [-0.1, -0.05) is 0 Å². The standard InChI is InChI=1S/C22H26N8O3/c1-16(31)24-8-10-33-19-6-4-18(5-7-19)28-22(32)17-3-2-9-29(12-17)20-11-21(26-14-25-20)30-15-23-13-27-30/h4-7,11,13-15,17H,2-3,8-10,12H2,1H3,(H,24,31)(H,28,32). The predicted octanol–water partition coefficient (Wildman–Crippen LogP) is 1.43. The lowest BCUT2D eigenvalue weighted by molar-refractivity contribution is -0.120. The van der Waals surface area contributed by atoms with Crippen molar-refractivity contribution in [3.63, 3.8) is 0 Å². The van der Waals surface area contributed by atoms with Crippen molar-refractivity contribution in [2.75, 3.05) is 36.5 Å². The first-order chi connectivity index (χ1) is 16.1. The summed E-state index contributed by atoms with van der Waals surface area (Å²) in [6.45, 7) is 3.68. The van der Waals surface area contributed by atoms with Crippen LogP contribution in [0.3, 0.4) is 0 Å². The molecule has 2 amide bonds. The normalized spacial score (nSPS) is 15.7. The van der Waals surface area contributed by atoms with E-state index in [-0.39, 0.29) is 17.7 Å². The largest absolute Gasteiger partial charge is 0.492 e. The summed E-state index contributed by atoms with van der Waals surface area (Å²) >= 11 is 0. The Kier molecular flexibility index (Phi) is 7.08. The maximum atomic E-state index is 12.9. The lowest BCUT2D eigenvalue weighted by Gasteiger charge is -2.32. The number of aromatic nitrogens is 5. The second kappa shape index (κ2) is 10.5. The van der Waals surface area contributed by atoms with Crippen LogP contribution in [0.4, 0.5) is 11.5 Å². The van der Waals surface area contributed by atoms with Crippen molar-refractivity contribution in [2.45, 2.75) is 19.8 Å². The van der Waals surface area contributed by atoms with Gasteiger partial charge in [0, 0.05) is 31.8 Å². The Morgan fingerprint density at radius 3 is 2.73 bits per heavy atom. The molecule has 172 valence electrons. The van der Waals surface area contributed by atoms with Gasteiger partial charge in [0.1, 0.15) is 37.2 Å². The highest BCUT2D eigenvalue weighted by molar-refractivity contribution is 5.93. The minimum atomic E-state index is -0.155. The van der Waals surface area contributed by atoms with Gasteiger partial charge in [0.15, 0.2) is 5.82 Å². The van der Waals surface area contributed by atoms with Gasteiger partial charge in [-0.25, -0.2) is 19.6 Å². The highest BCUT2D eigenvalue weighted by atomic mass is 16.5. The van der Waals surface area contributed by atoms with E-state index < -0.39 is 0 Å². The molecule has 0 aliphatic carbocycles. The van der Waals surface area contributed by atoms with Crippen LogP contribution >= 0.6 is 0 Å². The van der Waals surface area contributed by atoms with Gasteiger partial charge in [-0.2, -0.15) is 5.10 Å². The van der Waals surface area contributed by atoms with E-state index in [1.165, 1.54) is 19.6 Å². The molecule has 3 heterocycles. The van der Waals surface area contributed by atoms with Crippen molar-refractivity contribution < 1.29 is 14.3 Å². The number of nitrogens with one attached hydrogen (secondary N) is 2. The van der Waals surface area contributed by atoms with E-state index in [2.05, 4.69) is 35.6 Å². The molecule has 1 aliphatic heterocycles. The number of carbonyl (C=O) groups excluding carboxylic acids is 2. The minimum absolute atomic E-state index is 0.0235. The molecule has 1 unspecified atom stereocenters. The van der Waals surface area contributed by atoms with Gasteiger partial charge in [-0.05, 0) is 37.1 Å². The fraction of sp³-hybridized carbons (Fsp3) is 0.364. The van der Waals surface area contributed by atoms with Gasteiger partial charge < -0.3 is 20.3 Å². The third kappa shape index (κ3) is 6.03. The lowest BCUT2D eigenvalue weighted by Crippen LogP contribution is -2.41. The summed E-state index contributed by atoms with van der Waals surface area (Å²) in [5.74, 6) is 1.79. The molecular weight excluding hydrogens is 424 g/mol. The summed E-state index contributed by atoms with van der Waals surface area (Å²) < 4.78 is 7.15. The predicted molar refractivity (Wildman–Crippen MR) is 121 cm³/mol. The van der Waals surface area contributed by atoms with Crippen LogP contribution in [0.15, 0.2) is 49.3 Å². The molecule has 11 heteroatoms. The summed E-state index contributed by atoms with van der Waals surface area (Å²) in [7, 11) is 0. The molecule has 1 fully saturated rings. The second-order valence-corrected chi connectivity index (χ2v) is 7.70. The summed E-state index contributed by atoms with van der Waals surface area (Å²) in [5.41, 5.74) is 0.710. The fourth-order valence-corrected chi connectivity index (χ4v) is 3.64. The Morgan fingerprint density at radius 1 is 1.15 bits per heavy atom. The van der Waals surface area contributed by atoms with E-state index >= 15 is 0 Å². The van der Waals surface area contributed by atoms with E-state index in [9.17, 15) is 9.59 Å². The minimum Gasteiger partial charge on any atom is -0.492 e. The molecule has 2 aromatic heterocycles. The molecular formula is C22H26N8O3. The molecule has 1 aliphatic rings. The van der Waals surface area contributed by atoms with Crippen molar-refractivity contribution in [2.24, 2.45) is 5.92 Å². The lowest BCUT2D eigenvalue weighted by atomic mass is 9.97. The van der Waals surface area contributed by atoms with Crippen molar-refractivity contribution in [1.82, 2.24) is 30.0 Å². The van der Waals surface area contributed by atoms with Crippen LogP contribution < -0.4 is 20.3 Å². The molecule has 33 heavy (non-hydrogen) atoms. The molecule has 11 nitrogen and oxygen atoms in total. The number of ether oxygens (including phenoxy) is 1. The molecule has 3 aromatic rings. The maximum absolute atomic E-state index is 12.9. The van der Waals surface area contributed by atoms with Crippen LogP contribution in [0.25, 0.3) is 5.82 Å². The number of benzene rings is 1. The summed E-state index contributed by atoms with van der Waals surface area (Å²) in [4.78, 5) is 38.4. The van der Waals surface area contributed by atoms with Crippen molar-refractivity contribution >= 4 is 23.3 Å². The van der Waals surface area contributed by atoms with E-state index in [1.807, 2.05) is 6.07 Å². The van der Waals surface area contributed by atoms with Crippen LogP contribution in [-0.2, 0) is 9.59 Å². The topological polar surface area (TPSA) is 127 Å². The highest BCUT2D eigenvalue weighted by Crippen LogP contribution is 2.24. The Balaban J connectivity index is 1.32. The average molecular weight is 451 g/mol. The Morgan fingerprint density at radius 2 is 1.97 bits per heavy atom. The van der Waals surface area contributed by atoms with Gasteiger partial charge >= 0.3 is 0 Å². The second-order valence-electron chi connectivity index (χ2n) is 7.70. The molecule has 0 radical (unpaired) electrons. The Bertz CT molecular complexity index is 1070. The first-order valence-electron chi connectivity index (χ1n) is 10.8. The SMILES string of the molecule is CC(=O)NCCOc1ccc(NC(=O)C2CCCN(c3cc(-n4cncn4)ncn3)C2)cc1. The molecule has 4 rings (SSSR count). The van der Waals surface area contributed by atoms with Gasteiger partial charge in [0.05, 0.1) is 12.5 Å². The van der Waals surface area contributed by atoms with E-state index in [4.69, 9.17) is 4.74 Å². The molecule has 2 N–H and O–H groups in total. The van der Waals surface area contributed by atoms with Gasteiger partial charge in [-0.3, -0.25) is 9.59 Å². The van der Waals surface area contributed by atoms with E-state index in [0.29, 0.717) is 37.0 Å². The van der Waals surface area contributed by atoms with Crippen LogP contribution in [0.5, 0.6) is 5.75 Å². The van der Waals surface area contributed by atoms with E-state index in [1.54, 1.807) is 35.3 Å². The van der Waals surface area contributed by atoms with Gasteiger partial charge in [0.25, 0.3) is 0 Å². The summed E-state index contributed by atoms with van der Waals surface area (Å²) in [6.07, 6.45) is 6.23. The van der Waals surface area contributed by atoms with Gasteiger partial charge in [-0.15, -0.1) is 0 Å². The fourth-order valence-electron chi connectivity index (χ4n) is 3.64. The van der Waals surface area contributed by atoms with Gasteiger partial charge in [0.2, 0.25) is 11.8 Å². The van der Waals surface area contributed by atoms with Crippen LogP contribution in [0.2, 0.25) is 0 Å². The zero-order valence-corrected chi connectivity index (χ0v) is 18.3. The average Bonchev–Trinajstić information content (AvgIpc) is 3.38. The Labute approximate surface area is 191 Å². The number of anilines is 2. The van der Waals surface area contributed by atoms with Crippen LogP contribution in [-0.4, -0.2) is 62.8 Å². The highest BCUT2D eigenvalue weighted by Gasteiger charge is 2.27. The zero-order valence-electron chi connectivity index (χ0n) is 18.3. The summed E-state index contributed by atoms with van der Waals surface area (Å²) in [6, 6.07) is 9.05. The quantitative estimate of drug-likeness (QED) is 0.494. The molecule has 0 saturated carbocycles. The number of rotatable bonds is 8. The van der Waals surface area contributed by atoms with Crippen molar-refractivity contribution in [1.29, 1.82) is 0 Å². The third-order valence-corrected chi connectivity index (χ3v) is 5.27. The number of hydrogen-bond donors (Lipinski definition) is 2. The molecule has 0 bridgehead atoms. The molecule has 1 atom stereocenters. The van der Waals surface area contributed by atoms with Crippen molar-refractivity contribution in [3.05, 3.63) is 49.3 Å². The smallest absolute Gasteiger partial charge is 0.229 e. The first kappa shape index (κ1) is 22.2. The number of carbonyl (C=O) groups is 2. The third-order valence-electron chi connectivity index (χ3n) is 5.27. The van der Waals surface area contributed by atoms with E-state index in [0.717, 1.165) is 25.2 Å². The number of nitrogens with zero attached hydrogens (tertiary/aromatic N) is 6. The van der Waals surface area contributed by atoms with Crippen LogP contribution in [0, 0.1) is 5.92 Å². The Hall–Kier alpha value is -4.02. The van der Waals surface area contributed by atoms with Crippen LogP contribution in [0.1, 0.15) is 19.8 Å².